The fraction of sp³-hybridized carbons (Fsp3) is 0.550. The molecule has 142 valence electrons. The molecule has 2 aliphatic heterocycles. The fourth-order valence-electron chi connectivity index (χ4n) is 5.57. The summed E-state index contributed by atoms with van der Waals surface area (Å²) < 4.78 is 0. The molecule has 3 fully saturated rings. The fourth-order valence-corrected chi connectivity index (χ4v) is 5.69. The molecule has 5 rings (SSSR count). The van der Waals surface area contributed by atoms with E-state index < -0.39 is 0 Å². The molecule has 0 radical (unpaired) electrons. The van der Waals surface area contributed by atoms with Crippen LogP contribution < -0.4 is 0 Å². The minimum Gasteiger partial charge on any atom is -0.391 e. The van der Waals surface area contributed by atoms with Gasteiger partial charge in [-0.2, -0.15) is 0 Å². The quantitative estimate of drug-likeness (QED) is 0.740. The van der Waals surface area contributed by atoms with Crippen LogP contribution in [-0.2, 0) is 14.4 Å². The zero-order valence-electron chi connectivity index (χ0n) is 15.3. The number of likely N-dealkylation sites (N-methyl/N-ethyl adjacent to an activating group) is 1. The molecule has 27 heavy (non-hydrogen) atoms. The first-order valence-electron chi connectivity index (χ1n) is 9.47. The molecule has 2 aliphatic carbocycles. The number of oxime groups is 1. The number of fused-ring (bicyclic) bond motifs is 8. The average molecular weight is 388 g/mol. The molecule has 0 N–H and O–H groups in total. The molecule has 6 atom stereocenters. The Labute approximate surface area is 163 Å². The minimum atomic E-state index is -0.231. The molecule has 2 heterocycles. The maximum atomic E-state index is 13.1. The van der Waals surface area contributed by atoms with Gasteiger partial charge in [0.05, 0.1) is 17.5 Å². The van der Waals surface area contributed by atoms with Crippen LogP contribution >= 0.6 is 11.6 Å². The Kier molecular flexibility index (Phi) is 3.85. The van der Waals surface area contributed by atoms with E-state index in [1.807, 2.05) is 43.3 Å². The molecule has 6 nitrogen and oxygen atoms in total. The van der Waals surface area contributed by atoms with Crippen molar-refractivity contribution in [1.29, 1.82) is 0 Å². The highest BCUT2D eigenvalue weighted by atomic mass is 35.5. The summed E-state index contributed by atoms with van der Waals surface area (Å²) in [5.41, 5.74) is 1.88. The summed E-state index contributed by atoms with van der Waals surface area (Å²) in [6, 6.07) is 7.58. The van der Waals surface area contributed by atoms with E-state index in [1.54, 1.807) is 0 Å². The van der Waals surface area contributed by atoms with Gasteiger partial charge in [0.1, 0.15) is 6.10 Å². The van der Waals surface area contributed by atoms with Crippen LogP contribution in [0.15, 0.2) is 29.4 Å². The van der Waals surface area contributed by atoms with Crippen molar-refractivity contribution >= 4 is 29.1 Å². The molecule has 1 aromatic rings. The Hall–Kier alpha value is -1.92. The third-order valence-corrected chi connectivity index (χ3v) is 6.94. The van der Waals surface area contributed by atoms with Crippen LogP contribution in [0.5, 0.6) is 0 Å². The van der Waals surface area contributed by atoms with E-state index in [4.69, 9.17) is 16.4 Å². The number of benzene rings is 1. The Balaban J connectivity index is 1.42. The standard InChI is InChI=1S/C20H22ClN3O3/c1-23(2)7-8-24-19(25)14-12-9-13(15(14)20(24)26)18-16(12)17(22-27-18)10-3-5-11(21)6-4-10/h3-6,12-16,18H,7-9H2,1-2H3/t12-,13+,14+,15-,16+,18+/m0/s1. The van der Waals surface area contributed by atoms with Gasteiger partial charge in [-0.05, 0) is 44.1 Å². The second kappa shape index (κ2) is 6.04. The van der Waals surface area contributed by atoms with Gasteiger partial charge in [-0.1, -0.05) is 28.9 Å². The molecular weight excluding hydrogens is 366 g/mol. The number of halogens is 1. The minimum absolute atomic E-state index is 0.000145. The van der Waals surface area contributed by atoms with E-state index >= 15 is 0 Å². The van der Waals surface area contributed by atoms with Gasteiger partial charge in [-0.15, -0.1) is 0 Å². The lowest BCUT2D eigenvalue weighted by molar-refractivity contribution is -0.141. The third kappa shape index (κ3) is 2.39. The summed E-state index contributed by atoms with van der Waals surface area (Å²) >= 11 is 6.01. The second-order valence-electron chi connectivity index (χ2n) is 8.33. The zero-order chi connectivity index (χ0) is 18.9. The molecule has 2 bridgehead atoms. The Morgan fingerprint density at radius 1 is 1.11 bits per heavy atom. The summed E-state index contributed by atoms with van der Waals surface area (Å²) in [5.74, 6) is -0.164. The van der Waals surface area contributed by atoms with Crippen LogP contribution in [0.3, 0.4) is 0 Å². The predicted octanol–water partition coefficient (Wildman–Crippen LogP) is 1.87. The number of carbonyl (C=O) groups is 2. The van der Waals surface area contributed by atoms with Crippen molar-refractivity contribution < 1.29 is 14.4 Å². The normalized spacial score (nSPS) is 36.3. The topological polar surface area (TPSA) is 62.2 Å². The first kappa shape index (κ1) is 17.2. The summed E-state index contributed by atoms with van der Waals surface area (Å²) in [6.07, 6.45) is 0.781. The lowest BCUT2D eigenvalue weighted by Gasteiger charge is -2.29. The molecule has 4 aliphatic rings. The smallest absolute Gasteiger partial charge is 0.233 e. The summed E-state index contributed by atoms with van der Waals surface area (Å²) in [4.78, 5) is 35.3. The van der Waals surface area contributed by atoms with Crippen LogP contribution in [0.2, 0.25) is 5.02 Å². The van der Waals surface area contributed by atoms with Crippen molar-refractivity contribution in [2.24, 2.45) is 34.7 Å². The van der Waals surface area contributed by atoms with Crippen LogP contribution in [-0.4, -0.2) is 60.6 Å². The molecule has 0 unspecified atom stereocenters. The van der Waals surface area contributed by atoms with E-state index in [9.17, 15) is 9.59 Å². The number of amides is 2. The molecule has 2 amide bonds. The van der Waals surface area contributed by atoms with Crippen molar-refractivity contribution in [2.75, 3.05) is 27.2 Å². The highest BCUT2D eigenvalue weighted by molar-refractivity contribution is 6.30. The number of rotatable bonds is 4. The van der Waals surface area contributed by atoms with E-state index in [2.05, 4.69) is 5.16 Å². The average Bonchev–Trinajstić information content (AvgIpc) is 3.35. The number of hydrogen-bond donors (Lipinski definition) is 0. The van der Waals surface area contributed by atoms with Gasteiger partial charge in [0, 0.05) is 29.9 Å². The highest BCUT2D eigenvalue weighted by Crippen LogP contribution is 2.61. The third-order valence-electron chi connectivity index (χ3n) is 6.69. The maximum Gasteiger partial charge on any atom is 0.233 e. The van der Waals surface area contributed by atoms with Crippen LogP contribution in [0, 0.1) is 29.6 Å². The Bertz CT molecular complexity index is 837. The number of carbonyl (C=O) groups excluding carboxylic acids is 2. The zero-order valence-corrected chi connectivity index (χ0v) is 16.1. The molecule has 7 heteroatoms. The number of likely N-dealkylation sites (tertiary alicyclic amines) is 1. The Morgan fingerprint density at radius 3 is 2.44 bits per heavy atom. The van der Waals surface area contributed by atoms with Gasteiger partial charge in [0.25, 0.3) is 0 Å². The van der Waals surface area contributed by atoms with Gasteiger partial charge in [0.15, 0.2) is 0 Å². The predicted molar refractivity (Wildman–Crippen MR) is 100 cm³/mol. The van der Waals surface area contributed by atoms with E-state index in [0.717, 1.165) is 17.7 Å². The van der Waals surface area contributed by atoms with Gasteiger partial charge in [-0.3, -0.25) is 14.5 Å². The first-order valence-corrected chi connectivity index (χ1v) is 9.85. The van der Waals surface area contributed by atoms with Crippen LogP contribution in [0.1, 0.15) is 12.0 Å². The number of hydrogen-bond acceptors (Lipinski definition) is 5. The maximum absolute atomic E-state index is 13.1. The first-order chi connectivity index (χ1) is 13.0. The number of nitrogens with zero attached hydrogens (tertiary/aromatic N) is 3. The van der Waals surface area contributed by atoms with E-state index in [0.29, 0.717) is 18.1 Å². The molecule has 0 spiro atoms. The van der Waals surface area contributed by atoms with Crippen molar-refractivity contribution in [2.45, 2.75) is 12.5 Å². The molecule has 0 aromatic heterocycles. The SMILES string of the molecule is CN(C)CCN1C(=O)[C@@H]2[C@@H]3C[C@@H]([C@H]4ON=C(c5ccc(Cl)cc5)[C@@H]34)[C@@H]2C1=O. The molecule has 2 saturated carbocycles. The van der Waals surface area contributed by atoms with Gasteiger partial charge in [-0.25, -0.2) is 0 Å². The largest absolute Gasteiger partial charge is 0.391 e. The summed E-state index contributed by atoms with van der Waals surface area (Å²) in [6.45, 7) is 1.15. The monoisotopic (exact) mass is 387 g/mol. The van der Waals surface area contributed by atoms with Gasteiger partial charge in [0.2, 0.25) is 11.8 Å². The molecule has 1 saturated heterocycles. The summed E-state index contributed by atoms with van der Waals surface area (Å²) in [5, 5.41) is 5.02. The highest BCUT2D eigenvalue weighted by Gasteiger charge is 2.70. The lowest BCUT2D eigenvalue weighted by Crippen LogP contribution is -2.41. The summed E-state index contributed by atoms with van der Waals surface area (Å²) in [7, 11) is 3.89. The Morgan fingerprint density at radius 2 is 1.78 bits per heavy atom. The molecule has 1 aromatic carbocycles. The van der Waals surface area contributed by atoms with Crippen molar-refractivity contribution in [1.82, 2.24) is 9.80 Å². The number of imide groups is 1. The second-order valence-corrected chi connectivity index (χ2v) is 8.76. The van der Waals surface area contributed by atoms with Crippen molar-refractivity contribution in [3.05, 3.63) is 34.9 Å². The van der Waals surface area contributed by atoms with Crippen molar-refractivity contribution in [3.63, 3.8) is 0 Å². The van der Waals surface area contributed by atoms with Crippen LogP contribution in [0.25, 0.3) is 0 Å². The van der Waals surface area contributed by atoms with Gasteiger partial charge < -0.3 is 9.74 Å². The molecular formula is C20H22ClN3O3. The van der Waals surface area contributed by atoms with Gasteiger partial charge >= 0.3 is 0 Å². The van der Waals surface area contributed by atoms with E-state index in [1.165, 1.54) is 4.90 Å². The van der Waals surface area contributed by atoms with E-state index in [-0.39, 0.29) is 47.5 Å². The van der Waals surface area contributed by atoms with Crippen LogP contribution in [0.4, 0.5) is 0 Å². The van der Waals surface area contributed by atoms with Crippen molar-refractivity contribution in [3.8, 4) is 0 Å². The lowest BCUT2D eigenvalue weighted by atomic mass is 9.71.